The Kier molecular flexibility index (Phi) is 3.42. The lowest BCUT2D eigenvalue weighted by Crippen LogP contribution is -2.48. The van der Waals surface area contributed by atoms with Gasteiger partial charge in [0.2, 0.25) is 5.91 Å². The topological polar surface area (TPSA) is 50.4 Å². The van der Waals surface area contributed by atoms with Gasteiger partial charge >= 0.3 is 0 Å². The summed E-state index contributed by atoms with van der Waals surface area (Å²) >= 11 is 0. The average molecular weight is 260 g/mol. The standard InChI is InChI=1S/C15H20N2O2/c1-10(12-8-16-9-12)15(18)17-13-6-2-4-11-5-3-7-19-14(11)13/h2,4,6,10,12,16H,3,5,7-9H2,1H3,(H,17,18). The minimum atomic E-state index is 0.0423. The van der Waals surface area contributed by atoms with Crippen LogP contribution in [0.2, 0.25) is 0 Å². The van der Waals surface area contributed by atoms with Crippen LogP contribution in [0.5, 0.6) is 5.75 Å². The van der Waals surface area contributed by atoms with E-state index in [0.29, 0.717) is 5.92 Å². The number of carbonyl (C=O) groups is 1. The van der Waals surface area contributed by atoms with Crippen LogP contribution < -0.4 is 15.4 Å². The molecule has 2 heterocycles. The molecule has 3 rings (SSSR count). The summed E-state index contributed by atoms with van der Waals surface area (Å²) in [6.07, 6.45) is 2.08. The fourth-order valence-corrected chi connectivity index (χ4v) is 2.61. The summed E-state index contributed by atoms with van der Waals surface area (Å²) in [5.74, 6) is 1.45. The molecule has 0 aliphatic carbocycles. The summed E-state index contributed by atoms with van der Waals surface area (Å²) in [6, 6.07) is 5.98. The van der Waals surface area contributed by atoms with Crippen molar-refractivity contribution in [1.29, 1.82) is 0 Å². The maximum absolute atomic E-state index is 12.2. The van der Waals surface area contributed by atoms with E-state index in [2.05, 4.69) is 16.7 Å². The zero-order chi connectivity index (χ0) is 13.2. The molecule has 1 fully saturated rings. The summed E-state index contributed by atoms with van der Waals surface area (Å²) in [7, 11) is 0. The molecule has 19 heavy (non-hydrogen) atoms. The summed E-state index contributed by atoms with van der Waals surface area (Å²) in [5, 5.41) is 6.23. The van der Waals surface area contributed by atoms with Crippen LogP contribution >= 0.6 is 0 Å². The average Bonchev–Trinajstić information content (AvgIpc) is 2.37. The Morgan fingerprint density at radius 3 is 3.05 bits per heavy atom. The van der Waals surface area contributed by atoms with Crippen molar-refractivity contribution in [3.63, 3.8) is 0 Å². The zero-order valence-corrected chi connectivity index (χ0v) is 11.2. The summed E-state index contributed by atoms with van der Waals surface area (Å²) in [4.78, 5) is 12.2. The number of ether oxygens (including phenoxy) is 1. The Hall–Kier alpha value is -1.55. The Balaban J connectivity index is 1.74. The van der Waals surface area contributed by atoms with Crippen LogP contribution in [-0.2, 0) is 11.2 Å². The molecule has 1 atom stereocenters. The number of anilines is 1. The molecule has 1 aromatic rings. The second-order valence-corrected chi connectivity index (χ2v) is 5.44. The minimum Gasteiger partial charge on any atom is -0.491 e. The zero-order valence-electron chi connectivity index (χ0n) is 11.2. The van der Waals surface area contributed by atoms with Gasteiger partial charge in [-0.05, 0) is 43.5 Å². The highest BCUT2D eigenvalue weighted by Crippen LogP contribution is 2.33. The van der Waals surface area contributed by atoms with Gasteiger partial charge < -0.3 is 15.4 Å². The van der Waals surface area contributed by atoms with E-state index in [9.17, 15) is 4.79 Å². The minimum absolute atomic E-state index is 0.0423. The first-order valence-corrected chi connectivity index (χ1v) is 7.02. The van der Waals surface area contributed by atoms with E-state index in [0.717, 1.165) is 44.0 Å². The molecular formula is C15H20N2O2. The van der Waals surface area contributed by atoms with Crippen molar-refractivity contribution in [3.05, 3.63) is 23.8 Å². The van der Waals surface area contributed by atoms with Crippen LogP contribution in [0, 0.1) is 11.8 Å². The van der Waals surface area contributed by atoms with E-state index in [4.69, 9.17) is 4.74 Å². The molecular weight excluding hydrogens is 240 g/mol. The van der Waals surface area contributed by atoms with E-state index < -0.39 is 0 Å². The molecule has 0 bridgehead atoms. The van der Waals surface area contributed by atoms with Crippen molar-refractivity contribution in [1.82, 2.24) is 5.32 Å². The molecule has 1 aromatic carbocycles. The predicted octanol–water partition coefficient (Wildman–Crippen LogP) is 1.81. The number of fused-ring (bicyclic) bond motifs is 1. The summed E-state index contributed by atoms with van der Waals surface area (Å²) in [6.45, 7) is 4.62. The third-order valence-corrected chi connectivity index (χ3v) is 4.13. The largest absolute Gasteiger partial charge is 0.491 e. The van der Waals surface area contributed by atoms with E-state index in [1.807, 2.05) is 19.1 Å². The Labute approximate surface area is 113 Å². The molecule has 2 aliphatic heterocycles. The Bertz CT molecular complexity index is 483. The molecule has 2 N–H and O–H groups in total. The third-order valence-electron chi connectivity index (χ3n) is 4.13. The van der Waals surface area contributed by atoms with E-state index in [1.165, 1.54) is 5.56 Å². The van der Waals surface area contributed by atoms with Gasteiger partial charge in [-0.1, -0.05) is 19.1 Å². The predicted molar refractivity (Wildman–Crippen MR) is 74.4 cm³/mol. The van der Waals surface area contributed by atoms with Crippen LogP contribution in [-0.4, -0.2) is 25.6 Å². The number of carbonyl (C=O) groups excluding carboxylic acids is 1. The number of nitrogens with one attached hydrogen (secondary N) is 2. The molecule has 1 saturated heterocycles. The van der Waals surface area contributed by atoms with Gasteiger partial charge in [-0.3, -0.25) is 4.79 Å². The van der Waals surface area contributed by atoms with Crippen molar-refractivity contribution < 1.29 is 9.53 Å². The number of para-hydroxylation sites is 1. The first-order chi connectivity index (χ1) is 9.25. The number of hydrogen-bond donors (Lipinski definition) is 2. The lowest BCUT2D eigenvalue weighted by molar-refractivity contribution is -0.121. The van der Waals surface area contributed by atoms with E-state index in [1.54, 1.807) is 0 Å². The molecule has 1 amide bonds. The number of aryl methyl sites for hydroxylation is 1. The van der Waals surface area contributed by atoms with E-state index in [-0.39, 0.29) is 11.8 Å². The molecule has 4 heteroatoms. The maximum atomic E-state index is 12.2. The van der Waals surface area contributed by atoms with Gasteiger partial charge in [-0.15, -0.1) is 0 Å². The van der Waals surface area contributed by atoms with E-state index >= 15 is 0 Å². The van der Waals surface area contributed by atoms with Crippen molar-refractivity contribution >= 4 is 11.6 Å². The monoisotopic (exact) mass is 260 g/mol. The van der Waals surface area contributed by atoms with Crippen LogP contribution in [0.3, 0.4) is 0 Å². The lowest BCUT2D eigenvalue weighted by atomic mass is 9.88. The third kappa shape index (κ3) is 2.45. The highest BCUT2D eigenvalue weighted by atomic mass is 16.5. The SMILES string of the molecule is CC(C(=O)Nc1cccc2c1OCCC2)C1CNC1. The lowest BCUT2D eigenvalue weighted by Gasteiger charge is -2.32. The molecule has 102 valence electrons. The van der Waals surface area contributed by atoms with Crippen molar-refractivity contribution in [3.8, 4) is 5.75 Å². The van der Waals surface area contributed by atoms with Crippen molar-refractivity contribution in [2.75, 3.05) is 25.0 Å². The van der Waals surface area contributed by atoms with Gasteiger partial charge in [0.1, 0.15) is 5.75 Å². The summed E-state index contributed by atoms with van der Waals surface area (Å²) < 4.78 is 5.71. The van der Waals surface area contributed by atoms with Crippen LogP contribution in [0.15, 0.2) is 18.2 Å². The van der Waals surface area contributed by atoms with Crippen molar-refractivity contribution in [2.24, 2.45) is 11.8 Å². The Morgan fingerprint density at radius 1 is 1.47 bits per heavy atom. The number of hydrogen-bond acceptors (Lipinski definition) is 3. The molecule has 2 aliphatic rings. The molecule has 0 radical (unpaired) electrons. The maximum Gasteiger partial charge on any atom is 0.227 e. The van der Waals surface area contributed by atoms with Crippen LogP contribution in [0.25, 0.3) is 0 Å². The number of benzene rings is 1. The van der Waals surface area contributed by atoms with Gasteiger partial charge in [0.15, 0.2) is 0 Å². The van der Waals surface area contributed by atoms with Gasteiger partial charge in [0, 0.05) is 5.92 Å². The number of amides is 1. The second kappa shape index (κ2) is 5.21. The van der Waals surface area contributed by atoms with Gasteiger partial charge in [0.05, 0.1) is 12.3 Å². The van der Waals surface area contributed by atoms with Gasteiger partial charge in [-0.2, -0.15) is 0 Å². The highest BCUT2D eigenvalue weighted by Gasteiger charge is 2.29. The smallest absolute Gasteiger partial charge is 0.227 e. The van der Waals surface area contributed by atoms with Crippen LogP contribution in [0.4, 0.5) is 5.69 Å². The number of rotatable bonds is 3. The first-order valence-electron chi connectivity index (χ1n) is 7.02. The fourth-order valence-electron chi connectivity index (χ4n) is 2.61. The molecule has 0 aromatic heterocycles. The molecule has 4 nitrogen and oxygen atoms in total. The second-order valence-electron chi connectivity index (χ2n) is 5.44. The summed E-state index contributed by atoms with van der Waals surface area (Å²) in [5.41, 5.74) is 2.02. The molecule has 0 saturated carbocycles. The highest BCUT2D eigenvalue weighted by molar-refractivity contribution is 5.94. The van der Waals surface area contributed by atoms with Gasteiger partial charge in [0.25, 0.3) is 0 Å². The molecule has 1 unspecified atom stereocenters. The quantitative estimate of drug-likeness (QED) is 0.871. The Morgan fingerprint density at radius 2 is 2.32 bits per heavy atom. The first kappa shape index (κ1) is 12.5. The molecule has 0 spiro atoms. The van der Waals surface area contributed by atoms with Crippen molar-refractivity contribution in [2.45, 2.75) is 19.8 Å². The normalized spacial score (nSPS) is 19.8. The van der Waals surface area contributed by atoms with Crippen LogP contribution in [0.1, 0.15) is 18.9 Å². The fraction of sp³-hybridized carbons (Fsp3) is 0.533. The van der Waals surface area contributed by atoms with Gasteiger partial charge in [-0.25, -0.2) is 0 Å².